The van der Waals surface area contributed by atoms with Crippen LogP contribution in [0.5, 0.6) is 28.7 Å². The first-order valence-electron chi connectivity index (χ1n) is 23.7. The molecule has 366 valence electrons. The number of methoxy groups -OCH3 is 1. The molecule has 7 N–H and O–H groups in total. The molecule has 2 heterocycles. The number of phenolic OH excluding ortho intramolecular Hbond substituents is 2. The van der Waals surface area contributed by atoms with E-state index in [4.69, 9.17) is 14.2 Å². The highest BCUT2D eigenvalue weighted by molar-refractivity contribution is 8.76. The standard InChI is InChI=1S/C55H64N3O9S2/c1-5-36-10-11-37-8-6-7-9-43(37)44(36)25-45-38(12-14-46(61)52(45)65-4)23-40(20-34-17-19-57-29-34)47(62)26-50(63)55(41-21-35(28-56-3)22-42(60)24-41)18-16-49-51-39(27-55)13-15-48(67-33-59)53(51)66-32-58-30-54(2,64)31-68-69-49/h6-15,17,19,21-22,24,29,40,47,49,56,58-62,64H,5,16,18,20,23,25-28,30-33H2,1-4H3/q-1/t40-,47+,49+,54-,55+/m0/s1. The van der Waals surface area contributed by atoms with Crippen molar-refractivity contribution < 1.29 is 44.5 Å². The van der Waals surface area contributed by atoms with E-state index < -0.39 is 29.8 Å². The minimum Gasteiger partial charge on any atom is -0.670 e. The lowest BCUT2D eigenvalue weighted by Crippen LogP contribution is -2.41. The summed E-state index contributed by atoms with van der Waals surface area (Å²) in [7, 11) is 6.56. The number of carbonyl (C=O) groups excluding carboxylic acids is 1. The molecule has 0 saturated carbocycles. The van der Waals surface area contributed by atoms with Gasteiger partial charge < -0.3 is 50.0 Å². The number of aryl methyl sites for hydroxylation is 1. The monoisotopic (exact) mass is 974 g/mol. The second kappa shape index (κ2) is 22.3. The normalized spacial score (nSPS) is 20.5. The van der Waals surface area contributed by atoms with E-state index in [-0.39, 0.29) is 42.1 Å². The van der Waals surface area contributed by atoms with Crippen LogP contribution in [0.4, 0.5) is 0 Å². The summed E-state index contributed by atoms with van der Waals surface area (Å²) in [6.07, 6.45) is 5.43. The van der Waals surface area contributed by atoms with Crippen molar-refractivity contribution in [2.24, 2.45) is 5.92 Å². The summed E-state index contributed by atoms with van der Waals surface area (Å²) in [6, 6.07) is 27.2. The van der Waals surface area contributed by atoms with Gasteiger partial charge in [0.1, 0.15) is 18.3 Å². The molecule has 14 heteroatoms. The number of aliphatic hydroxyl groups is 3. The molecule has 5 aromatic carbocycles. The van der Waals surface area contributed by atoms with Crippen molar-refractivity contribution in [3.05, 3.63) is 147 Å². The SMILES string of the molecule is CCc1ccc2ccccc2c1Cc1c(C[C@H](Cc2cc[n-]c2)[C@H](O)CC(=O)[C@]2(c3cc(O)cc(CNC)c3)CC[C@H]3SSC[C@@](C)(O)CNCOc4c(OCO)ccc(c43)C2)ccc(O)c1OC. The third-order valence-electron chi connectivity index (χ3n) is 13.9. The summed E-state index contributed by atoms with van der Waals surface area (Å²) in [4.78, 5) is 20.2. The zero-order chi connectivity index (χ0) is 48.7. The summed E-state index contributed by atoms with van der Waals surface area (Å²) in [5, 5.41) is 64.9. The Hall–Kier alpha value is -5.19. The van der Waals surface area contributed by atoms with E-state index in [2.05, 4.69) is 46.8 Å². The molecule has 1 aromatic heterocycles. The van der Waals surface area contributed by atoms with Crippen LogP contribution < -0.4 is 29.8 Å². The molecule has 0 unspecified atom stereocenters. The van der Waals surface area contributed by atoms with Crippen LogP contribution in [0, 0.1) is 5.92 Å². The van der Waals surface area contributed by atoms with Crippen molar-refractivity contribution in [1.29, 1.82) is 0 Å². The second-order valence-electron chi connectivity index (χ2n) is 18.8. The quantitative estimate of drug-likeness (QED) is 0.0343. The lowest BCUT2D eigenvalue weighted by molar-refractivity contribution is -0.127. The Balaban J connectivity index is 1.21. The Kier molecular flexibility index (Phi) is 16.2. The summed E-state index contributed by atoms with van der Waals surface area (Å²) in [5.41, 5.74) is 5.90. The molecule has 0 radical (unpaired) electrons. The molecular formula is C55H64N3O9S2-. The third kappa shape index (κ3) is 11.2. The summed E-state index contributed by atoms with van der Waals surface area (Å²) in [6.45, 7) is 4.19. The zero-order valence-electron chi connectivity index (χ0n) is 39.8. The number of fused-ring (bicyclic) bond motifs is 1. The van der Waals surface area contributed by atoms with Gasteiger partial charge in [-0.25, -0.2) is 0 Å². The summed E-state index contributed by atoms with van der Waals surface area (Å²) < 4.78 is 18.1. The Bertz CT molecular complexity index is 2730. The molecule has 0 amide bonds. The number of aromatic nitrogens is 1. The molecule has 1 aliphatic carbocycles. The average Bonchev–Trinajstić information content (AvgIpc) is 3.78. The number of phenols is 2. The zero-order valence-corrected chi connectivity index (χ0v) is 41.4. The number of ketones is 1. The van der Waals surface area contributed by atoms with E-state index in [9.17, 15) is 25.5 Å². The van der Waals surface area contributed by atoms with Gasteiger partial charge in [-0.1, -0.05) is 94.7 Å². The first-order chi connectivity index (χ1) is 33.4. The van der Waals surface area contributed by atoms with E-state index in [1.165, 1.54) is 5.56 Å². The fourth-order valence-corrected chi connectivity index (χ4v) is 13.6. The number of β-amino-alcohol motifs (C(OH)–C–C–N with tert-alkyl or cyclic N) is 1. The Morgan fingerprint density at radius 3 is 2.61 bits per heavy atom. The van der Waals surface area contributed by atoms with Gasteiger partial charge in [0, 0.05) is 48.1 Å². The minimum absolute atomic E-state index is 0.0265. The molecule has 12 nitrogen and oxygen atoms in total. The number of nitrogens with one attached hydrogen (secondary N) is 2. The number of rotatable bonds is 17. The van der Waals surface area contributed by atoms with Crippen LogP contribution in [0.1, 0.15) is 88.4 Å². The van der Waals surface area contributed by atoms with Crippen LogP contribution in [0.25, 0.3) is 10.8 Å². The molecule has 69 heavy (non-hydrogen) atoms. The van der Waals surface area contributed by atoms with Gasteiger partial charge in [-0.05, 0) is 127 Å². The highest BCUT2D eigenvalue weighted by Crippen LogP contribution is 2.55. The Labute approximate surface area is 412 Å². The maximum atomic E-state index is 15.9. The van der Waals surface area contributed by atoms with Crippen LogP contribution in [0.3, 0.4) is 0 Å². The number of hydrogen-bond acceptors (Lipinski definition) is 13. The maximum Gasteiger partial charge on any atom is 0.186 e. The molecule has 1 aliphatic heterocycles. The van der Waals surface area contributed by atoms with Crippen molar-refractivity contribution >= 4 is 38.1 Å². The van der Waals surface area contributed by atoms with Gasteiger partial charge in [-0.3, -0.25) is 10.1 Å². The van der Waals surface area contributed by atoms with E-state index >= 15 is 4.79 Å². The van der Waals surface area contributed by atoms with Crippen molar-refractivity contribution in [1.82, 2.24) is 15.6 Å². The van der Waals surface area contributed by atoms with E-state index in [1.807, 2.05) is 43.4 Å². The van der Waals surface area contributed by atoms with E-state index in [1.54, 1.807) is 72.3 Å². The van der Waals surface area contributed by atoms with Gasteiger partial charge in [0.25, 0.3) is 0 Å². The fourth-order valence-electron chi connectivity index (χ4n) is 10.4. The van der Waals surface area contributed by atoms with Crippen LogP contribution in [-0.4, -0.2) is 83.0 Å². The van der Waals surface area contributed by atoms with E-state index in [0.29, 0.717) is 73.8 Å². The molecule has 8 rings (SSSR count). The molecule has 0 saturated heterocycles. The van der Waals surface area contributed by atoms with Crippen LogP contribution >= 0.6 is 21.6 Å². The predicted octanol–water partition coefficient (Wildman–Crippen LogP) is 8.23. The summed E-state index contributed by atoms with van der Waals surface area (Å²) >= 11 is 0. The fraction of sp³-hybridized carbons (Fsp3) is 0.400. The lowest BCUT2D eigenvalue weighted by Gasteiger charge is -2.35. The highest BCUT2D eigenvalue weighted by Gasteiger charge is 2.46. The molecule has 2 aliphatic rings. The number of carbonyl (C=O) groups is 1. The van der Waals surface area contributed by atoms with Gasteiger partial charge in [0.15, 0.2) is 29.8 Å². The predicted molar refractivity (Wildman–Crippen MR) is 274 cm³/mol. The lowest BCUT2D eigenvalue weighted by atomic mass is 9.68. The number of nitrogens with zero attached hydrogens (tertiary/aromatic N) is 1. The second-order valence-corrected chi connectivity index (χ2v) is 21.3. The van der Waals surface area contributed by atoms with E-state index in [0.717, 1.165) is 56.1 Å². The van der Waals surface area contributed by atoms with Gasteiger partial charge in [0.2, 0.25) is 0 Å². The number of Topliss-reactive ketones (excluding diaryl/α,β-unsaturated/α-hetero) is 1. The van der Waals surface area contributed by atoms with Crippen LogP contribution in [-0.2, 0) is 48.9 Å². The van der Waals surface area contributed by atoms with Crippen molar-refractivity contribution in [2.45, 2.75) is 94.1 Å². The largest absolute Gasteiger partial charge is 0.670 e. The number of hydrogen-bond donors (Lipinski definition) is 7. The van der Waals surface area contributed by atoms with Crippen LogP contribution in [0.2, 0.25) is 0 Å². The van der Waals surface area contributed by atoms with Gasteiger partial charge in [0.05, 0.1) is 24.2 Å². The van der Waals surface area contributed by atoms with Crippen molar-refractivity contribution in [2.75, 3.05) is 40.0 Å². The number of aliphatic hydroxyl groups excluding tert-OH is 2. The molecule has 0 spiro atoms. The highest BCUT2D eigenvalue weighted by atomic mass is 33.1. The summed E-state index contributed by atoms with van der Waals surface area (Å²) in [5.74, 6) is 1.07. The molecule has 0 bridgehead atoms. The minimum atomic E-state index is -1.21. The first kappa shape index (κ1) is 50.2. The van der Waals surface area contributed by atoms with Gasteiger partial charge in [-0.15, -0.1) is 0 Å². The topological polar surface area (TPSA) is 184 Å². The Morgan fingerprint density at radius 1 is 1.01 bits per heavy atom. The average molecular weight is 975 g/mol. The molecular weight excluding hydrogens is 911 g/mol. The third-order valence-corrected chi connectivity index (χ3v) is 16.9. The molecule has 5 atom stereocenters. The van der Waals surface area contributed by atoms with Crippen LogP contribution in [0.15, 0.2) is 97.3 Å². The first-order valence-corrected chi connectivity index (χ1v) is 26.1. The maximum absolute atomic E-state index is 15.9. The number of aromatic hydroxyl groups is 2. The van der Waals surface area contributed by atoms with Crippen molar-refractivity contribution in [3.63, 3.8) is 0 Å². The van der Waals surface area contributed by atoms with Gasteiger partial charge in [-0.2, -0.15) is 12.4 Å². The number of ether oxygens (including phenoxy) is 3. The van der Waals surface area contributed by atoms with Crippen molar-refractivity contribution in [3.8, 4) is 28.7 Å². The Morgan fingerprint density at radius 2 is 1.84 bits per heavy atom. The molecule has 0 fully saturated rings. The smallest absolute Gasteiger partial charge is 0.186 e. The number of benzene rings is 5. The molecule has 6 aromatic rings. The van der Waals surface area contributed by atoms with Gasteiger partial charge >= 0.3 is 0 Å².